The third-order valence-corrected chi connectivity index (χ3v) is 22.9. The van der Waals surface area contributed by atoms with Crippen LogP contribution in [0.15, 0.2) is 231 Å². The van der Waals surface area contributed by atoms with E-state index in [1.54, 1.807) is 0 Å². The SMILES string of the molecule is C[Si]1(C)c2ccccc2Oc2c(-c3cc(-c4cccc5c(-c6ccccc6)c6cccc(-c7cc(-c8cccc9c8Oc8ccccc8[Si]9(C)C)c8ccccc8c7)c6cc45)cc4ccccc34)cccc21. The number of ether oxygens (including phenoxy) is 2. The Hall–Kier alpha value is -8.29. The molecule has 0 radical (unpaired) electrons. The molecular formula is C68H50O2Si2. The van der Waals surface area contributed by atoms with E-state index in [0.29, 0.717) is 0 Å². The monoisotopic (exact) mass is 954 g/mol. The van der Waals surface area contributed by atoms with E-state index in [-0.39, 0.29) is 0 Å². The maximum absolute atomic E-state index is 6.97. The molecular weight excluding hydrogens is 905 g/mol. The first kappa shape index (κ1) is 42.6. The Morgan fingerprint density at radius 1 is 0.264 bits per heavy atom. The molecule has 4 heteroatoms. The van der Waals surface area contributed by atoms with E-state index in [0.717, 1.165) is 34.1 Å². The minimum absolute atomic E-state index is 0.978. The van der Waals surface area contributed by atoms with Crippen LogP contribution in [0.4, 0.5) is 0 Å². The van der Waals surface area contributed by atoms with Crippen LogP contribution in [-0.4, -0.2) is 16.1 Å². The average Bonchev–Trinajstić information content (AvgIpc) is 3.41. The fraction of sp³-hybridized carbons (Fsp3) is 0.0588. The zero-order chi connectivity index (χ0) is 48.3. The molecule has 14 rings (SSSR count). The molecule has 0 N–H and O–H groups in total. The van der Waals surface area contributed by atoms with Gasteiger partial charge in [0.15, 0.2) is 0 Å². The average molecular weight is 955 g/mol. The number of hydrogen-bond acceptors (Lipinski definition) is 2. The molecule has 0 spiro atoms. The molecule has 72 heavy (non-hydrogen) atoms. The summed E-state index contributed by atoms with van der Waals surface area (Å²) in [6.07, 6.45) is 0. The molecule has 2 heterocycles. The first-order chi connectivity index (χ1) is 35.2. The smallest absolute Gasteiger partial charge is 0.134 e. The van der Waals surface area contributed by atoms with Crippen molar-refractivity contribution in [2.75, 3.05) is 0 Å². The molecule has 0 saturated heterocycles. The van der Waals surface area contributed by atoms with Gasteiger partial charge in [-0.15, -0.1) is 0 Å². The highest BCUT2D eigenvalue weighted by molar-refractivity contribution is 7.02. The number of para-hydroxylation sites is 4. The van der Waals surface area contributed by atoms with Gasteiger partial charge in [-0.3, -0.25) is 0 Å². The molecule has 2 aliphatic heterocycles. The van der Waals surface area contributed by atoms with E-state index >= 15 is 0 Å². The molecule has 2 aliphatic rings. The zero-order valence-corrected chi connectivity index (χ0v) is 42.8. The molecule has 12 aromatic rings. The summed E-state index contributed by atoms with van der Waals surface area (Å²) in [6, 6.07) is 85.4. The third kappa shape index (κ3) is 6.46. The van der Waals surface area contributed by atoms with Gasteiger partial charge in [0.2, 0.25) is 0 Å². The largest absolute Gasteiger partial charge is 0.457 e. The summed E-state index contributed by atoms with van der Waals surface area (Å²) in [5, 5.41) is 15.0. The van der Waals surface area contributed by atoms with Crippen molar-refractivity contribution in [2.24, 2.45) is 0 Å². The van der Waals surface area contributed by atoms with Gasteiger partial charge in [0.1, 0.15) is 39.1 Å². The van der Waals surface area contributed by atoms with Gasteiger partial charge >= 0.3 is 0 Å². The van der Waals surface area contributed by atoms with Crippen LogP contribution < -0.4 is 30.2 Å². The standard InChI is InChI=1S/C68H50O2Si2/c1-71(2)62-34-14-12-32-60(62)69-67-54(30-18-36-64(67)71)56-40-46(38-44-22-8-10-24-48(44)56)50-26-16-28-52-58(50)42-59-51(27-17-29-53(59)66(52)43-20-6-5-7-21-43)47-39-45-23-9-11-25-49(45)57(41-47)55-31-19-37-65-68(55)70-61-33-13-15-35-63(61)72(65,3)4/h5-42H,1-4H3. The Morgan fingerprint density at radius 2 is 0.653 bits per heavy atom. The van der Waals surface area contributed by atoms with Crippen LogP contribution >= 0.6 is 0 Å². The van der Waals surface area contributed by atoms with Gasteiger partial charge in [0, 0.05) is 11.1 Å². The molecule has 0 fully saturated rings. The number of fused-ring (bicyclic) bond motifs is 8. The number of rotatable bonds is 5. The van der Waals surface area contributed by atoms with Crippen LogP contribution in [0.25, 0.3) is 98.7 Å². The second-order valence-corrected chi connectivity index (χ2v) is 29.4. The fourth-order valence-electron chi connectivity index (χ4n) is 12.3. The molecule has 0 atom stereocenters. The molecule has 0 aliphatic carbocycles. The van der Waals surface area contributed by atoms with Crippen molar-refractivity contribution < 1.29 is 9.47 Å². The lowest BCUT2D eigenvalue weighted by Gasteiger charge is -2.34. The van der Waals surface area contributed by atoms with Crippen molar-refractivity contribution in [1.29, 1.82) is 0 Å². The number of benzene rings is 12. The van der Waals surface area contributed by atoms with E-state index in [1.165, 1.54) is 108 Å². The summed E-state index contributed by atoms with van der Waals surface area (Å²) in [4.78, 5) is 0. The molecule has 0 saturated carbocycles. The molecule has 0 bridgehead atoms. The highest BCUT2D eigenvalue weighted by Crippen LogP contribution is 2.48. The lowest BCUT2D eigenvalue weighted by atomic mass is 9.84. The Bertz CT molecular complexity index is 3980. The quantitative estimate of drug-likeness (QED) is 0.126. The van der Waals surface area contributed by atoms with E-state index in [4.69, 9.17) is 9.47 Å². The highest BCUT2D eigenvalue weighted by atomic mass is 28.3. The van der Waals surface area contributed by atoms with E-state index in [9.17, 15) is 0 Å². The second-order valence-electron chi connectivity index (χ2n) is 20.7. The first-order valence-corrected chi connectivity index (χ1v) is 31.1. The van der Waals surface area contributed by atoms with Gasteiger partial charge in [-0.05, 0) is 151 Å². The van der Waals surface area contributed by atoms with Crippen LogP contribution in [0.1, 0.15) is 0 Å². The maximum atomic E-state index is 6.97. The van der Waals surface area contributed by atoms with Gasteiger partial charge < -0.3 is 9.47 Å². The number of hydrogen-bond donors (Lipinski definition) is 0. The molecule has 0 amide bonds. The van der Waals surface area contributed by atoms with Crippen molar-refractivity contribution in [1.82, 2.24) is 0 Å². The van der Waals surface area contributed by atoms with Gasteiger partial charge in [-0.2, -0.15) is 0 Å². The second kappa shape index (κ2) is 16.1. The highest BCUT2D eigenvalue weighted by Gasteiger charge is 2.39. The van der Waals surface area contributed by atoms with Crippen LogP contribution in [-0.2, 0) is 0 Å². The molecule has 342 valence electrons. The first-order valence-electron chi connectivity index (χ1n) is 25.1. The van der Waals surface area contributed by atoms with Crippen molar-refractivity contribution in [2.45, 2.75) is 26.2 Å². The lowest BCUT2D eigenvalue weighted by molar-refractivity contribution is 0.488. The third-order valence-electron chi connectivity index (χ3n) is 15.9. The van der Waals surface area contributed by atoms with E-state index in [2.05, 4.69) is 257 Å². The summed E-state index contributed by atoms with van der Waals surface area (Å²) >= 11 is 0. The Morgan fingerprint density at radius 3 is 1.15 bits per heavy atom. The summed E-state index contributed by atoms with van der Waals surface area (Å²) in [5.74, 6) is 3.93. The molecule has 0 aromatic heterocycles. The normalized spacial score (nSPS) is 14.0. The summed E-state index contributed by atoms with van der Waals surface area (Å²) in [5.41, 5.74) is 11.8. The van der Waals surface area contributed by atoms with Gasteiger partial charge in [0.05, 0.1) is 0 Å². The Kier molecular flexibility index (Phi) is 9.54. The summed E-state index contributed by atoms with van der Waals surface area (Å²) in [6.45, 7) is 9.81. The van der Waals surface area contributed by atoms with Gasteiger partial charge in [-0.1, -0.05) is 214 Å². The van der Waals surface area contributed by atoms with Crippen LogP contribution in [0.3, 0.4) is 0 Å². The van der Waals surface area contributed by atoms with E-state index < -0.39 is 16.1 Å². The Balaban J connectivity index is 1.01. The fourth-order valence-corrected chi connectivity index (χ4v) is 18.0. The van der Waals surface area contributed by atoms with Gasteiger partial charge in [-0.25, -0.2) is 0 Å². The van der Waals surface area contributed by atoms with Crippen LogP contribution in [0.2, 0.25) is 26.2 Å². The van der Waals surface area contributed by atoms with Crippen LogP contribution in [0, 0.1) is 0 Å². The lowest BCUT2D eigenvalue weighted by Crippen LogP contribution is -2.56. The minimum atomic E-state index is -2.07. The maximum Gasteiger partial charge on any atom is 0.134 e. The van der Waals surface area contributed by atoms with Crippen molar-refractivity contribution in [3.8, 4) is 78.6 Å². The predicted octanol–water partition coefficient (Wildman–Crippen LogP) is 16.5. The molecule has 2 nitrogen and oxygen atoms in total. The summed E-state index contributed by atoms with van der Waals surface area (Å²) in [7, 11) is -4.14. The van der Waals surface area contributed by atoms with Crippen LogP contribution in [0.5, 0.6) is 23.0 Å². The van der Waals surface area contributed by atoms with Crippen molar-refractivity contribution in [3.63, 3.8) is 0 Å². The molecule has 0 unspecified atom stereocenters. The molecule has 12 aromatic carbocycles. The van der Waals surface area contributed by atoms with Crippen molar-refractivity contribution >= 4 is 80.0 Å². The Labute approximate surface area is 422 Å². The van der Waals surface area contributed by atoms with Crippen molar-refractivity contribution in [3.05, 3.63) is 231 Å². The minimum Gasteiger partial charge on any atom is -0.457 e. The zero-order valence-electron chi connectivity index (χ0n) is 40.8. The van der Waals surface area contributed by atoms with Gasteiger partial charge in [0.25, 0.3) is 0 Å². The summed E-state index contributed by atoms with van der Waals surface area (Å²) < 4.78 is 13.9. The topological polar surface area (TPSA) is 18.5 Å². The van der Waals surface area contributed by atoms with E-state index in [1.807, 2.05) is 0 Å². The predicted molar refractivity (Wildman–Crippen MR) is 310 cm³/mol.